The van der Waals surface area contributed by atoms with E-state index in [1.807, 2.05) is 54.1 Å². The number of aromatic nitrogens is 2. The molecular formula is C18H22N4O. The van der Waals surface area contributed by atoms with Gasteiger partial charge in [-0.15, -0.1) is 0 Å². The summed E-state index contributed by atoms with van der Waals surface area (Å²) in [5, 5.41) is 0. The van der Waals surface area contributed by atoms with Gasteiger partial charge in [-0.2, -0.15) is 0 Å². The number of hydrogen-bond donors (Lipinski definition) is 0. The first-order valence-electron chi connectivity index (χ1n) is 8.09. The third-order valence-corrected chi connectivity index (χ3v) is 4.15. The summed E-state index contributed by atoms with van der Waals surface area (Å²) in [7, 11) is 1.92. The van der Waals surface area contributed by atoms with E-state index >= 15 is 0 Å². The van der Waals surface area contributed by atoms with E-state index in [0.29, 0.717) is 11.6 Å². The van der Waals surface area contributed by atoms with Crippen LogP contribution in [-0.2, 0) is 0 Å². The standard InChI is InChI=1S/C18H22N4O/c1-14-13-16(17(23)22-11-7-4-8-12-22)20-18(19-14)21(2)15-9-5-3-6-10-15/h3,5-6,9-10,13H,4,7-8,11-12H2,1-2H3. The lowest BCUT2D eigenvalue weighted by molar-refractivity contribution is 0.0718. The maximum absolute atomic E-state index is 12.7. The normalized spacial score (nSPS) is 14.6. The van der Waals surface area contributed by atoms with Gasteiger partial charge in [0.15, 0.2) is 0 Å². The second kappa shape index (κ2) is 6.77. The number of anilines is 2. The molecule has 0 N–H and O–H groups in total. The van der Waals surface area contributed by atoms with E-state index in [2.05, 4.69) is 9.97 Å². The number of benzene rings is 1. The van der Waals surface area contributed by atoms with Crippen LogP contribution in [0.25, 0.3) is 0 Å². The van der Waals surface area contributed by atoms with Crippen molar-refractivity contribution in [2.24, 2.45) is 0 Å². The zero-order valence-corrected chi connectivity index (χ0v) is 13.7. The molecule has 23 heavy (non-hydrogen) atoms. The largest absolute Gasteiger partial charge is 0.337 e. The fraction of sp³-hybridized carbons (Fsp3) is 0.389. The Bertz CT molecular complexity index is 681. The Morgan fingerprint density at radius 3 is 2.48 bits per heavy atom. The number of hydrogen-bond acceptors (Lipinski definition) is 4. The van der Waals surface area contributed by atoms with Gasteiger partial charge in [-0.3, -0.25) is 4.79 Å². The topological polar surface area (TPSA) is 49.3 Å². The van der Waals surface area contributed by atoms with E-state index in [4.69, 9.17) is 0 Å². The smallest absolute Gasteiger partial charge is 0.272 e. The van der Waals surface area contributed by atoms with Gasteiger partial charge in [0.25, 0.3) is 5.91 Å². The zero-order chi connectivity index (χ0) is 16.2. The molecule has 5 heteroatoms. The van der Waals surface area contributed by atoms with Crippen molar-refractivity contribution < 1.29 is 4.79 Å². The quantitative estimate of drug-likeness (QED) is 0.873. The zero-order valence-electron chi connectivity index (χ0n) is 13.7. The second-order valence-corrected chi connectivity index (χ2v) is 5.94. The fourth-order valence-electron chi connectivity index (χ4n) is 2.84. The van der Waals surface area contributed by atoms with Crippen LogP contribution in [0.15, 0.2) is 36.4 Å². The van der Waals surface area contributed by atoms with Gasteiger partial charge in [0.05, 0.1) is 0 Å². The van der Waals surface area contributed by atoms with Crippen LogP contribution in [0.3, 0.4) is 0 Å². The Morgan fingerprint density at radius 1 is 1.09 bits per heavy atom. The Morgan fingerprint density at radius 2 is 1.78 bits per heavy atom. The van der Waals surface area contributed by atoms with Crippen LogP contribution in [0.5, 0.6) is 0 Å². The van der Waals surface area contributed by atoms with Crippen LogP contribution in [0, 0.1) is 6.92 Å². The molecule has 5 nitrogen and oxygen atoms in total. The number of carbonyl (C=O) groups is 1. The molecule has 1 aliphatic heterocycles. The first kappa shape index (κ1) is 15.5. The van der Waals surface area contributed by atoms with E-state index < -0.39 is 0 Å². The van der Waals surface area contributed by atoms with Crippen molar-refractivity contribution in [3.8, 4) is 0 Å². The maximum atomic E-state index is 12.7. The number of nitrogens with zero attached hydrogens (tertiary/aromatic N) is 4. The minimum Gasteiger partial charge on any atom is -0.337 e. The number of rotatable bonds is 3. The molecule has 1 aliphatic rings. The Kier molecular flexibility index (Phi) is 4.55. The first-order chi connectivity index (χ1) is 11.1. The molecule has 0 saturated carbocycles. The molecule has 0 bridgehead atoms. The summed E-state index contributed by atoms with van der Waals surface area (Å²) in [6.07, 6.45) is 3.35. The third kappa shape index (κ3) is 3.50. The van der Waals surface area contributed by atoms with Crippen LogP contribution >= 0.6 is 0 Å². The summed E-state index contributed by atoms with van der Waals surface area (Å²) in [6.45, 7) is 3.55. The summed E-state index contributed by atoms with van der Waals surface area (Å²) in [6, 6.07) is 11.7. The molecule has 0 atom stereocenters. The van der Waals surface area contributed by atoms with Crippen molar-refractivity contribution >= 4 is 17.5 Å². The first-order valence-corrected chi connectivity index (χ1v) is 8.09. The monoisotopic (exact) mass is 310 g/mol. The highest BCUT2D eigenvalue weighted by Crippen LogP contribution is 2.21. The van der Waals surface area contributed by atoms with Gasteiger partial charge in [-0.05, 0) is 44.4 Å². The molecule has 1 aromatic heterocycles. The average Bonchev–Trinajstić information content (AvgIpc) is 2.61. The number of carbonyl (C=O) groups excluding carboxylic acids is 1. The molecule has 0 radical (unpaired) electrons. The molecule has 1 saturated heterocycles. The number of likely N-dealkylation sites (tertiary alicyclic amines) is 1. The number of para-hydroxylation sites is 1. The predicted octanol–water partition coefficient (Wildman–Crippen LogP) is 3.18. The maximum Gasteiger partial charge on any atom is 0.272 e. The fourth-order valence-corrected chi connectivity index (χ4v) is 2.84. The number of amides is 1. The van der Waals surface area contributed by atoms with Crippen LogP contribution in [0.1, 0.15) is 35.4 Å². The summed E-state index contributed by atoms with van der Waals surface area (Å²) >= 11 is 0. The van der Waals surface area contributed by atoms with Gasteiger partial charge in [-0.25, -0.2) is 9.97 Å². The van der Waals surface area contributed by atoms with E-state index in [1.54, 1.807) is 6.07 Å². The van der Waals surface area contributed by atoms with Gasteiger partial charge in [0, 0.05) is 31.5 Å². The van der Waals surface area contributed by atoms with Crippen molar-refractivity contribution in [1.29, 1.82) is 0 Å². The third-order valence-electron chi connectivity index (χ3n) is 4.15. The number of aryl methyl sites for hydroxylation is 1. The summed E-state index contributed by atoms with van der Waals surface area (Å²) < 4.78 is 0. The molecule has 120 valence electrons. The SMILES string of the molecule is Cc1cc(C(=O)N2CCCCC2)nc(N(C)c2ccccc2)n1. The van der Waals surface area contributed by atoms with Crippen molar-refractivity contribution in [3.05, 3.63) is 47.8 Å². The van der Waals surface area contributed by atoms with E-state index in [-0.39, 0.29) is 5.91 Å². The van der Waals surface area contributed by atoms with Gasteiger partial charge < -0.3 is 9.80 Å². The van der Waals surface area contributed by atoms with E-state index in [0.717, 1.165) is 37.3 Å². The Labute approximate surface area is 137 Å². The average molecular weight is 310 g/mol. The Hall–Kier alpha value is -2.43. The molecule has 1 fully saturated rings. The van der Waals surface area contributed by atoms with Crippen LogP contribution in [0.4, 0.5) is 11.6 Å². The van der Waals surface area contributed by atoms with Crippen LogP contribution in [0.2, 0.25) is 0 Å². The van der Waals surface area contributed by atoms with Crippen LogP contribution in [-0.4, -0.2) is 40.9 Å². The van der Waals surface area contributed by atoms with Gasteiger partial charge in [0.1, 0.15) is 5.69 Å². The summed E-state index contributed by atoms with van der Waals surface area (Å²) in [5.41, 5.74) is 2.28. The van der Waals surface area contributed by atoms with Crippen LogP contribution < -0.4 is 4.90 Å². The van der Waals surface area contributed by atoms with Crippen molar-refractivity contribution in [1.82, 2.24) is 14.9 Å². The van der Waals surface area contributed by atoms with E-state index in [1.165, 1.54) is 6.42 Å². The van der Waals surface area contributed by atoms with Gasteiger partial charge in [0.2, 0.25) is 5.95 Å². The molecule has 3 rings (SSSR count). The lowest BCUT2D eigenvalue weighted by Crippen LogP contribution is -2.36. The second-order valence-electron chi connectivity index (χ2n) is 5.94. The summed E-state index contributed by atoms with van der Waals surface area (Å²) in [5.74, 6) is 0.564. The molecule has 1 aromatic carbocycles. The highest BCUT2D eigenvalue weighted by atomic mass is 16.2. The highest BCUT2D eigenvalue weighted by Gasteiger charge is 2.21. The Balaban J connectivity index is 1.88. The lowest BCUT2D eigenvalue weighted by Gasteiger charge is -2.26. The van der Waals surface area contributed by atoms with Gasteiger partial charge >= 0.3 is 0 Å². The molecular weight excluding hydrogens is 288 g/mol. The van der Waals surface area contributed by atoms with Gasteiger partial charge in [-0.1, -0.05) is 18.2 Å². The van der Waals surface area contributed by atoms with Crippen molar-refractivity contribution in [2.75, 3.05) is 25.0 Å². The minimum atomic E-state index is 0.0120. The minimum absolute atomic E-state index is 0.0120. The summed E-state index contributed by atoms with van der Waals surface area (Å²) in [4.78, 5) is 25.5. The molecule has 2 heterocycles. The van der Waals surface area contributed by atoms with E-state index in [9.17, 15) is 4.79 Å². The molecule has 0 aliphatic carbocycles. The van der Waals surface area contributed by atoms with Crippen molar-refractivity contribution in [3.63, 3.8) is 0 Å². The predicted molar refractivity (Wildman–Crippen MR) is 91.0 cm³/mol. The number of piperidine rings is 1. The molecule has 0 spiro atoms. The molecule has 1 amide bonds. The lowest BCUT2D eigenvalue weighted by atomic mass is 10.1. The molecule has 0 unspecified atom stereocenters. The van der Waals surface area contributed by atoms with Crippen molar-refractivity contribution in [2.45, 2.75) is 26.2 Å². The highest BCUT2D eigenvalue weighted by molar-refractivity contribution is 5.92. The molecule has 2 aromatic rings.